The van der Waals surface area contributed by atoms with Crippen LogP contribution in [0.2, 0.25) is 0 Å². The minimum absolute atomic E-state index is 0.209. The molecule has 0 saturated heterocycles. The van der Waals surface area contributed by atoms with Crippen molar-refractivity contribution >= 4 is 15.7 Å². The molecule has 0 aliphatic carbocycles. The van der Waals surface area contributed by atoms with Crippen LogP contribution in [0.25, 0.3) is 0 Å². The van der Waals surface area contributed by atoms with Gasteiger partial charge in [0.05, 0.1) is 23.9 Å². The zero-order chi connectivity index (χ0) is 20.3. The van der Waals surface area contributed by atoms with Crippen LogP contribution in [0.1, 0.15) is 16.7 Å². The number of nitrogens with one attached hydrogen (secondary N) is 1. The van der Waals surface area contributed by atoms with Crippen molar-refractivity contribution in [3.63, 3.8) is 0 Å². The Morgan fingerprint density at radius 2 is 1.68 bits per heavy atom. The number of sulfonamides is 1. The maximum atomic E-state index is 12.6. The first-order valence-electron chi connectivity index (χ1n) is 8.67. The molecule has 0 aliphatic heterocycles. The Labute approximate surface area is 165 Å². The first-order valence-corrected chi connectivity index (χ1v) is 10.2. The molecule has 146 valence electrons. The van der Waals surface area contributed by atoms with Crippen molar-refractivity contribution in [1.29, 1.82) is 0 Å². The van der Waals surface area contributed by atoms with Gasteiger partial charge >= 0.3 is 0 Å². The number of rotatable bonds is 6. The number of ether oxygens (including phenoxy) is 2. The van der Waals surface area contributed by atoms with Gasteiger partial charge in [-0.3, -0.25) is 4.72 Å². The summed E-state index contributed by atoms with van der Waals surface area (Å²) in [6, 6.07) is 13.8. The topological polar surface area (TPSA) is 77.5 Å². The molecule has 1 N–H and O–H groups in total. The number of hydrogen-bond acceptors (Lipinski definition) is 5. The van der Waals surface area contributed by atoms with Crippen molar-refractivity contribution < 1.29 is 17.9 Å². The van der Waals surface area contributed by atoms with Crippen LogP contribution >= 0.6 is 0 Å². The van der Waals surface area contributed by atoms with Crippen molar-refractivity contribution in [3.05, 3.63) is 71.4 Å². The number of aromatic nitrogens is 1. The lowest BCUT2D eigenvalue weighted by molar-refractivity contribution is 0.374. The molecule has 7 heteroatoms. The minimum atomic E-state index is -3.69. The molecule has 2 aromatic carbocycles. The lowest BCUT2D eigenvalue weighted by atomic mass is 10.1. The average molecular weight is 398 g/mol. The van der Waals surface area contributed by atoms with Crippen LogP contribution in [0.5, 0.6) is 17.4 Å². The highest BCUT2D eigenvalue weighted by molar-refractivity contribution is 7.92. The molecule has 0 saturated carbocycles. The summed E-state index contributed by atoms with van der Waals surface area (Å²) in [5.74, 6) is 1.46. The number of pyridine rings is 1. The molecule has 1 heterocycles. The van der Waals surface area contributed by atoms with E-state index in [1.807, 2.05) is 32.9 Å². The fourth-order valence-corrected chi connectivity index (χ4v) is 3.70. The van der Waals surface area contributed by atoms with E-state index in [-0.39, 0.29) is 4.90 Å². The molecule has 0 bridgehead atoms. The molecule has 1 aromatic heterocycles. The Kier molecular flexibility index (Phi) is 5.56. The van der Waals surface area contributed by atoms with Crippen molar-refractivity contribution in [2.75, 3.05) is 11.8 Å². The van der Waals surface area contributed by atoms with Gasteiger partial charge in [-0.2, -0.15) is 0 Å². The van der Waals surface area contributed by atoms with Gasteiger partial charge in [0, 0.05) is 6.07 Å². The van der Waals surface area contributed by atoms with E-state index in [0.29, 0.717) is 23.1 Å². The molecule has 3 aromatic rings. The van der Waals surface area contributed by atoms with E-state index >= 15 is 0 Å². The summed E-state index contributed by atoms with van der Waals surface area (Å²) in [6.07, 6.45) is 1.41. The second-order valence-corrected chi connectivity index (χ2v) is 8.18. The van der Waals surface area contributed by atoms with Crippen LogP contribution < -0.4 is 14.2 Å². The van der Waals surface area contributed by atoms with Crippen LogP contribution in [0.15, 0.2) is 59.6 Å². The first-order chi connectivity index (χ1) is 13.3. The van der Waals surface area contributed by atoms with E-state index in [9.17, 15) is 8.42 Å². The highest BCUT2D eigenvalue weighted by Crippen LogP contribution is 2.31. The highest BCUT2D eigenvalue weighted by atomic mass is 32.2. The van der Waals surface area contributed by atoms with Gasteiger partial charge in [0.25, 0.3) is 10.0 Å². The molecule has 0 atom stereocenters. The Balaban J connectivity index is 1.76. The normalized spacial score (nSPS) is 11.1. The largest absolute Gasteiger partial charge is 0.493 e. The van der Waals surface area contributed by atoms with Crippen LogP contribution in [0.4, 0.5) is 5.69 Å². The Hall–Kier alpha value is -3.06. The van der Waals surface area contributed by atoms with E-state index in [1.165, 1.54) is 6.20 Å². The lowest BCUT2D eigenvalue weighted by Gasteiger charge is -2.12. The minimum Gasteiger partial charge on any atom is -0.493 e. The van der Waals surface area contributed by atoms with Crippen LogP contribution in [-0.2, 0) is 10.0 Å². The summed E-state index contributed by atoms with van der Waals surface area (Å²) < 4.78 is 38.7. The summed E-state index contributed by atoms with van der Waals surface area (Å²) in [6.45, 7) is 5.77. The summed E-state index contributed by atoms with van der Waals surface area (Å²) in [7, 11) is -2.12. The van der Waals surface area contributed by atoms with Gasteiger partial charge in [-0.15, -0.1) is 0 Å². The number of nitrogens with zero attached hydrogens (tertiary/aromatic N) is 1. The highest BCUT2D eigenvalue weighted by Gasteiger charge is 2.15. The van der Waals surface area contributed by atoms with Crippen LogP contribution in [0, 0.1) is 20.8 Å². The molecule has 3 rings (SSSR count). The molecule has 6 nitrogen and oxygen atoms in total. The van der Waals surface area contributed by atoms with Gasteiger partial charge in [-0.05, 0) is 67.8 Å². The second-order valence-electron chi connectivity index (χ2n) is 6.49. The number of methoxy groups -OCH3 is 1. The Morgan fingerprint density at radius 1 is 0.893 bits per heavy atom. The molecule has 0 aliphatic rings. The third-order valence-corrected chi connectivity index (χ3v) is 5.69. The molecule has 0 spiro atoms. The first kappa shape index (κ1) is 19.7. The number of hydrogen-bond donors (Lipinski definition) is 1. The Morgan fingerprint density at radius 3 is 2.32 bits per heavy atom. The average Bonchev–Trinajstić information content (AvgIpc) is 2.66. The maximum Gasteiger partial charge on any atom is 0.261 e. The van der Waals surface area contributed by atoms with E-state index in [2.05, 4.69) is 9.71 Å². The third kappa shape index (κ3) is 4.43. The van der Waals surface area contributed by atoms with Gasteiger partial charge < -0.3 is 9.47 Å². The molecule has 0 radical (unpaired) electrons. The molecule has 0 fully saturated rings. The zero-order valence-corrected chi connectivity index (χ0v) is 17.0. The monoisotopic (exact) mass is 398 g/mol. The Bertz CT molecular complexity index is 1090. The van der Waals surface area contributed by atoms with E-state index in [4.69, 9.17) is 9.47 Å². The van der Waals surface area contributed by atoms with Crippen molar-refractivity contribution in [2.24, 2.45) is 0 Å². The van der Waals surface area contributed by atoms with Gasteiger partial charge in [0.2, 0.25) is 5.88 Å². The molecular formula is C21H22N2O4S. The standard InChI is InChI=1S/C21H22N2O4S/c1-14-5-9-19(20(11-14)26-4)27-21-10-7-17(13-22-21)23-28(24,25)18-8-6-15(2)16(3)12-18/h5-13,23H,1-4H3. The quantitative estimate of drug-likeness (QED) is 0.656. The smallest absolute Gasteiger partial charge is 0.261 e. The number of benzene rings is 2. The molecule has 0 unspecified atom stereocenters. The summed E-state index contributed by atoms with van der Waals surface area (Å²) in [4.78, 5) is 4.39. The predicted octanol–water partition coefficient (Wildman–Crippen LogP) is 4.61. The van der Waals surface area contributed by atoms with Crippen molar-refractivity contribution in [3.8, 4) is 17.4 Å². The fourth-order valence-electron chi connectivity index (χ4n) is 2.57. The summed E-state index contributed by atoms with van der Waals surface area (Å²) in [5, 5.41) is 0. The third-order valence-electron chi connectivity index (χ3n) is 4.31. The lowest BCUT2D eigenvalue weighted by Crippen LogP contribution is -2.13. The maximum absolute atomic E-state index is 12.6. The predicted molar refractivity (Wildman–Crippen MR) is 109 cm³/mol. The molecule has 0 amide bonds. The summed E-state index contributed by atoms with van der Waals surface area (Å²) in [5.41, 5.74) is 3.35. The van der Waals surface area contributed by atoms with Crippen LogP contribution in [0.3, 0.4) is 0 Å². The van der Waals surface area contributed by atoms with Crippen LogP contribution in [-0.4, -0.2) is 20.5 Å². The van der Waals surface area contributed by atoms with Crippen molar-refractivity contribution in [1.82, 2.24) is 4.98 Å². The van der Waals surface area contributed by atoms with E-state index in [1.54, 1.807) is 43.5 Å². The van der Waals surface area contributed by atoms with Gasteiger partial charge in [-0.25, -0.2) is 13.4 Å². The van der Waals surface area contributed by atoms with Crippen molar-refractivity contribution in [2.45, 2.75) is 25.7 Å². The van der Waals surface area contributed by atoms with E-state index in [0.717, 1.165) is 16.7 Å². The number of aryl methyl sites for hydroxylation is 3. The second kappa shape index (κ2) is 7.90. The number of anilines is 1. The van der Waals surface area contributed by atoms with Gasteiger partial charge in [0.15, 0.2) is 11.5 Å². The van der Waals surface area contributed by atoms with E-state index < -0.39 is 10.0 Å². The zero-order valence-electron chi connectivity index (χ0n) is 16.2. The molecular weight excluding hydrogens is 376 g/mol. The molecule has 28 heavy (non-hydrogen) atoms. The fraction of sp³-hybridized carbons (Fsp3) is 0.190. The summed E-state index contributed by atoms with van der Waals surface area (Å²) >= 11 is 0. The van der Waals surface area contributed by atoms with Gasteiger partial charge in [0.1, 0.15) is 0 Å². The SMILES string of the molecule is COc1cc(C)ccc1Oc1ccc(NS(=O)(=O)c2ccc(C)c(C)c2)cn1. The van der Waals surface area contributed by atoms with Gasteiger partial charge in [-0.1, -0.05) is 12.1 Å².